The van der Waals surface area contributed by atoms with E-state index < -0.39 is 11.8 Å². The molecule has 88 valence electrons. The third-order valence-electron chi connectivity index (χ3n) is 1.97. The van der Waals surface area contributed by atoms with E-state index >= 15 is 0 Å². The molecule has 1 aromatic carbocycles. The summed E-state index contributed by atoms with van der Waals surface area (Å²) in [7, 11) is 0. The lowest BCUT2D eigenvalue weighted by molar-refractivity contribution is -0.137. The van der Waals surface area contributed by atoms with Crippen LogP contribution < -0.4 is 0 Å². The zero-order valence-electron chi connectivity index (χ0n) is 9.29. The first kappa shape index (κ1) is 12.7. The molecule has 6 nitrogen and oxygen atoms in total. The maximum atomic E-state index is 11.6. The molecule has 0 saturated heterocycles. The molecule has 0 saturated carbocycles. The number of esters is 1. The van der Waals surface area contributed by atoms with Crippen molar-refractivity contribution >= 4 is 11.8 Å². The van der Waals surface area contributed by atoms with E-state index in [0.29, 0.717) is 5.56 Å². The number of carbonyl (C=O) groups excluding carboxylic acids is 2. The molecule has 0 bridgehead atoms. The molecule has 0 amide bonds. The first-order valence-corrected chi connectivity index (χ1v) is 5.00. The predicted molar refractivity (Wildman–Crippen MR) is 60.3 cm³/mol. The number of carbonyl (C=O) groups is 2. The van der Waals surface area contributed by atoms with Gasteiger partial charge in [0.25, 0.3) is 5.78 Å². The Bertz CT molecular complexity index is 479. The molecule has 0 fully saturated rings. The van der Waals surface area contributed by atoms with Crippen LogP contribution in [0.1, 0.15) is 22.8 Å². The van der Waals surface area contributed by atoms with Gasteiger partial charge < -0.3 is 4.74 Å². The molecule has 0 atom stereocenters. The summed E-state index contributed by atoms with van der Waals surface area (Å²) < 4.78 is 4.61. The van der Waals surface area contributed by atoms with E-state index in [4.69, 9.17) is 5.53 Å². The van der Waals surface area contributed by atoms with Crippen LogP contribution in [-0.2, 0) is 16.1 Å². The largest absolute Gasteiger partial charge is 0.460 e. The maximum Gasteiger partial charge on any atom is 0.379 e. The van der Waals surface area contributed by atoms with Crippen molar-refractivity contribution in [3.05, 3.63) is 45.8 Å². The molecular formula is C11H11N3O3. The van der Waals surface area contributed by atoms with Crippen LogP contribution in [-0.4, -0.2) is 18.4 Å². The van der Waals surface area contributed by atoms with Crippen LogP contribution in [0.3, 0.4) is 0 Å². The van der Waals surface area contributed by atoms with Gasteiger partial charge in [-0.2, -0.15) is 0 Å². The van der Waals surface area contributed by atoms with Gasteiger partial charge in [0.2, 0.25) is 0 Å². The summed E-state index contributed by atoms with van der Waals surface area (Å²) in [4.78, 5) is 25.4. The second-order valence-electron chi connectivity index (χ2n) is 3.14. The summed E-state index contributed by atoms with van der Waals surface area (Å²) in [6.07, 6.45) is 0. The third-order valence-corrected chi connectivity index (χ3v) is 1.97. The van der Waals surface area contributed by atoms with Gasteiger partial charge in [0.1, 0.15) is 0 Å². The Morgan fingerprint density at radius 2 is 2.24 bits per heavy atom. The first-order valence-electron chi connectivity index (χ1n) is 5.00. The van der Waals surface area contributed by atoms with Crippen LogP contribution in [0.4, 0.5) is 0 Å². The molecule has 0 N–H and O–H groups in total. The van der Waals surface area contributed by atoms with Crippen molar-refractivity contribution in [2.75, 3.05) is 6.61 Å². The molecule has 0 radical (unpaired) electrons. The van der Waals surface area contributed by atoms with Gasteiger partial charge in [0.15, 0.2) is 0 Å². The van der Waals surface area contributed by atoms with Crippen molar-refractivity contribution in [2.45, 2.75) is 13.5 Å². The Labute approximate surface area is 97.8 Å². The quantitative estimate of drug-likeness (QED) is 0.195. The van der Waals surface area contributed by atoms with E-state index in [1.165, 1.54) is 12.1 Å². The molecule has 17 heavy (non-hydrogen) atoms. The Balaban J connectivity index is 2.87. The summed E-state index contributed by atoms with van der Waals surface area (Å²) in [6, 6.07) is 6.35. The average Bonchev–Trinajstić information content (AvgIpc) is 2.36. The molecule has 0 aliphatic carbocycles. The zero-order valence-corrected chi connectivity index (χ0v) is 9.29. The normalized spacial score (nSPS) is 9.24. The van der Waals surface area contributed by atoms with Crippen molar-refractivity contribution in [1.82, 2.24) is 0 Å². The summed E-state index contributed by atoms with van der Waals surface area (Å²) in [5.74, 6) is -1.58. The Hall–Kier alpha value is -2.33. The van der Waals surface area contributed by atoms with Gasteiger partial charge >= 0.3 is 5.97 Å². The Kier molecular flexibility index (Phi) is 4.72. The van der Waals surface area contributed by atoms with Crippen molar-refractivity contribution < 1.29 is 14.3 Å². The molecule has 0 heterocycles. The first-order chi connectivity index (χ1) is 8.19. The van der Waals surface area contributed by atoms with E-state index in [0.717, 1.165) is 0 Å². The molecule has 0 aromatic heterocycles. The SMILES string of the molecule is CCOC(=O)C(=O)c1cccc(CN=[N+]=[N-])c1. The number of hydrogen-bond acceptors (Lipinski definition) is 4. The zero-order chi connectivity index (χ0) is 12.7. The second kappa shape index (κ2) is 6.30. The fraction of sp³-hybridized carbons (Fsp3) is 0.273. The van der Waals surface area contributed by atoms with Crippen LogP contribution in [0.5, 0.6) is 0 Å². The van der Waals surface area contributed by atoms with Crippen LogP contribution in [0.15, 0.2) is 29.4 Å². The number of rotatable bonds is 5. The molecular weight excluding hydrogens is 222 g/mol. The summed E-state index contributed by atoms with van der Waals surface area (Å²) in [6.45, 7) is 1.92. The highest BCUT2D eigenvalue weighted by Gasteiger charge is 2.17. The van der Waals surface area contributed by atoms with Gasteiger partial charge in [-0.25, -0.2) is 4.79 Å². The Morgan fingerprint density at radius 1 is 1.47 bits per heavy atom. The Morgan fingerprint density at radius 3 is 2.88 bits per heavy atom. The fourth-order valence-electron chi connectivity index (χ4n) is 1.24. The minimum absolute atomic E-state index is 0.139. The molecule has 1 rings (SSSR count). The van der Waals surface area contributed by atoms with E-state index in [1.807, 2.05) is 0 Å². The number of benzene rings is 1. The highest BCUT2D eigenvalue weighted by Crippen LogP contribution is 2.08. The van der Waals surface area contributed by atoms with Crippen molar-refractivity contribution in [1.29, 1.82) is 0 Å². The van der Waals surface area contributed by atoms with Gasteiger partial charge in [-0.05, 0) is 24.1 Å². The lowest BCUT2D eigenvalue weighted by Gasteiger charge is -2.02. The molecule has 0 aliphatic heterocycles. The van der Waals surface area contributed by atoms with Gasteiger partial charge in [-0.15, -0.1) is 0 Å². The van der Waals surface area contributed by atoms with Crippen LogP contribution in [0.25, 0.3) is 10.4 Å². The van der Waals surface area contributed by atoms with Crippen LogP contribution >= 0.6 is 0 Å². The number of Topliss-reactive ketones (excluding diaryl/α,β-unsaturated/α-hetero) is 1. The highest BCUT2D eigenvalue weighted by atomic mass is 16.5. The highest BCUT2D eigenvalue weighted by molar-refractivity contribution is 6.40. The minimum Gasteiger partial charge on any atom is -0.460 e. The number of nitrogens with zero attached hydrogens (tertiary/aromatic N) is 3. The van der Waals surface area contributed by atoms with Crippen LogP contribution in [0, 0.1) is 0 Å². The van der Waals surface area contributed by atoms with Crippen molar-refractivity contribution in [3.63, 3.8) is 0 Å². The predicted octanol–water partition coefficient (Wildman–Crippen LogP) is 2.24. The number of hydrogen-bond donors (Lipinski definition) is 0. The van der Waals surface area contributed by atoms with Crippen molar-refractivity contribution in [3.8, 4) is 0 Å². The molecule has 0 spiro atoms. The summed E-state index contributed by atoms with van der Waals surface area (Å²) in [5.41, 5.74) is 9.08. The van der Waals surface area contributed by atoms with E-state index in [1.54, 1.807) is 19.1 Å². The van der Waals surface area contributed by atoms with Crippen molar-refractivity contribution in [2.24, 2.45) is 5.11 Å². The molecule has 0 aliphatic rings. The number of azide groups is 1. The molecule has 1 aromatic rings. The number of ether oxygens (including phenoxy) is 1. The minimum atomic E-state index is -0.881. The van der Waals surface area contributed by atoms with E-state index in [-0.39, 0.29) is 18.7 Å². The fourth-order valence-corrected chi connectivity index (χ4v) is 1.24. The standard InChI is InChI=1S/C11H11N3O3/c1-2-17-11(16)10(15)9-5-3-4-8(6-9)7-13-14-12/h3-6H,2,7H2,1H3. The maximum absolute atomic E-state index is 11.6. The monoisotopic (exact) mass is 233 g/mol. The molecule has 6 heteroatoms. The smallest absolute Gasteiger partial charge is 0.379 e. The second-order valence-corrected chi connectivity index (χ2v) is 3.14. The van der Waals surface area contributed by atoms with Gasteiger partial charge in [0.05, 0.1) is 13.2 Å². The third kappa shape index (κ3) is 3.62. The topological polar surface area (TPSA) is 92.1 Å². The van der Waals surface area contributed by atoms with Gasteiger partial charge in [0, 0.05) is 10.5 Å². The van der Waals surface area contributed by atoms with Gasteiger partial charge in [-0.3, -0.25) is 4.79 Å². The van der Waals surface area contributed by atoms with E-state index in [9.17, 15) is 9.59 Å². The van der Waals surface area contributed by atoms with E-state index in [2.05, 4.69) is 14.8 Å². The lowest BCUT2D eigenvalue weighted by Crippen LogP contribution is -2.17. The summed E-state index contributed by atoms with van der Waals surface area (Å²) >= 11 is 0. The number of ketones is 1. The average molecular weight is 233 g/mol. The summed E-state index contributed by atoms with van der Waals surface area (Å²) in [5, 5.41) is 3.38. The van der Waals surface area contributed by atoms with Gasteiger partial charge in [-0.1, -0.05) is 23.3 Å². The molecule has 0 unspecified atom stereocenters. The lowest BCUT2D eigenvalue weighted by atomic mass is 10.1. The van der Waals surface area contributed by atoms with Crippen LogP contribution in [0.2, 0.25) is 0 Å².